The molecule has 0 amide bonds. The summed E-state index contributed by atoms with van der Waals surface area (Å²) in [5.41, 5.74) is 2.46. The highest BCUT2D eigenvalue weighted by Crippen LogP contribution is 2.13. The lowest BCUT2D eigenvalue weighted by Gasteiger charge is -2.10. The summed E-state index contributed by atoms with van der Waals surface area (Å²) in [5, 5.41) is 4.57. The summed E-state index contributed by atoms with van der Waals surface area (Å²) in [4.78, 5) is 2.18. The maximum absolute atomic E-state index is 4.57. The number of hydrogen-bond acceptors (Lipinski definition) is 2. The number of aromatic nitrogens is 2. The largest absolute Gasteiger partial charge is 0.308 e. The van der Waals surface area contributed by atoms with Crippen LogP contribution < -0.4 is 0 Å². The second-order valence-corrected chi connectivity index (χ2v) is 4.39. The molecule has 0 fully saturated rings. The zero-order valence-corrected chi connectivity index (χ0v) is 9.91. The lowest BCUT2D eigenvalue weighted by Crippen LogP contribution is -2.19. The minimum absolute atomic E-state index is 0.523. The van der Waals surface area contributed by atoms with Crippen molar-refractivity contribution in [2.75, 3.05) is 20.6 Å². The van der Waals surface area contributed by atoms with Gasteiger partial charge in [-0.05, 0) is 33.0 Å². The Labute approximate surface area is 86.7 Å². The van der Waals surface area contributed by atoms with Crippen molar-refractivity contribution >= 4 is 0 Å². The second-order valence-electron chi connectivity index (χ2n) is 4.39. The van der Waals surface area contributed by atoms with Crippen molar-refractivity contribution in [3.8, 4) is 0 Å². The van der Waals surface area contributed by atoms with Crippen LogP contribution in [0.2, 0.25) is 0 Å². The summed E-state index contributed by atoms with van der Waals surface area (Å²) in [6, 6.07) is 2.18. The Bertz CT molecular complexity index is 287. The molecule has 0 aliphatic heterocycles. The van der Waals surface area contributed by atoms with Crippen LogP contribution in [0.1, 0.15) is 31.2 Å². The van der Waals surface area contributed by atoms with E-state index in [1.807, 2.05) is 0 Å². The Morgan fingerprint density at radius 1 is 1.43 bits per heavy atom. The van der Waals surface area contributed by atoms with E-state index in [-0.39, 0.29) is 0 Å². The maximum Gasteiger partial charge on any atom is 0.0652 e. The minimum atomic E-state index is 0.523. The van der Waals surface area contributed by atoms with Gasteiger partial charge in [-0.3, -0.25) is 4.68 Å². The number of nitrogens with zero attached hydrogens (tertiary/aromatic N) is 3. The molecule has 1 aromatic rings. The van der Waals surface area contributed by atoms with Gasteiger partial charge in [0.05, 0.1) is 12.2 Å². The van der Waals surface area contributed by atoms with E-state index in [9.17, 15) is 0 Å². The summed E-state index contributed by atoms with van der Waals surface area (Å²) >= 11 is 0. The first kappa shape index (κ1) is 11.2. The first-order chi connectivity index (χ1) is 6.50. The van der Waals surface area contributed by atoms with Crippen LogP contribution in [-0.4, -0.2) is 35.3 Å². The SMILES string of the molecule is Cc1cc(C(C)C)nn1CCN(C)C. The molecule has 0 N–H and O–H groups in total. The average molecular weight is 195 g/mol. The first-order valence-corrected chi connectivity index (χ1v) is 5.19. The van der Waals surface area contributed by atoms with Crippen molar-refractivity contribution in [1.82, 2.24) is 14.7 Å². The molecule has 0 saturated carbocycles. The van der Waals surface area contributed by atoms with Crippen molar-refractivity contribution in [3.63, 3.8) is 0 Å². The zero-order chi connectivity index (χ0) is 10.7. The summed E-state index contributed by atoms with van der Waals surface area (Å²) < 4.78 is 2.09. The molecule has 0 spiro atoms. The van der Waals surface area contributed by atoms with Gasteiger partial charge in [-0.25, -0.2) is 0 Å². The Balaban J connectivity index is 2.67. The van der Waals surface area contributed by atoms with Crippen LogP contribution in [0.3, 0.4) is 0 Å². The van der Waals surface area contributed by atoms with Crippen molar-refractivity contribution in [3.05, 3.63) is 17.5 Å². The highest BCUT2D eigenvalue weighted by atomic mass is 15.3. The second kappa shape index (κ2) is 4.60. The normalized spacial score (nSPS) is 11.6. The third-order valence-corrected chi connectivity index (χ3v) is 2.35. The molecule has 0 aliphatic rings. The molecule has 0 aromatic carbocycles. The summed E-state index contributed by atoms with van der Waals surface area (Å²) in [5.74, 6) is 0.523. The van der Waals surface area contributed by atoms with Crippen LogP contribution in [0, 0.1) is 6.92 Å². The number of aryl methyl sites for hydroxylation is 1. The van der Waals surface area contributed by atoms with Gasteiger partial charge in [-0.15, -0.1) is 0 Å². The van der Waals surface area contributed by atoms with Gasteiger partial charge in [0.1, 0.15) is 0 Å². The lowest BCUT2D eigenvalue weighted by atomic mass is 10.1. The van der Waals surface area contributed by atoms with Crippen LogP contribution in [0.5, 0.6) is 0 Å². The molecule has 1 heterocycles. The smallest absolute Gasteiger partial charge is 0.0652 e. The van der Waals surface area contributed by atoms with Crippen LogP contribution in [-0.2, 0) is 6.54 Å². The van der Waals surface area contributed by atoms with Gasteiger partial charge in [-0.2, -0.15) is 5.10 Å². The van der Waals surface area contributed by atoms with Crippen molar-refractivity contribution < 1.29 is 0 Å². The van der Waals surface area contributed by atoms with E-state index in [1.165, 1.54) is 11.4 Å². The monoisotopic (exact) mass is 195 g/mol. The van der Waals surface area contributed by atoms with Crippen molar-refractivity contribution in [2.24, 2.45) is 0 Å². The Morgan fingerprint density at radius 3 is 2.50 bits per heavy atom. The average Bonchev–Trinajstić information content (AvgIpc) is 2.43. The van der Waals surface area contributed by atoms with E-state index < -0.39 is 0 Å². The molecule has 80 valence electrons. The van der Waals surface area contributed by atoms with E-state index in [0.717, 1.165) is 13.1 Å². The molecule has 1 rings (SSSR count). The minimum Gasteiger partial charge on any atom is -0.308 e. The van der Waals surface area contributed by atoms with Gasteiger partial charge < -0.3 is 4.90 Å². The van der Waals surface area contributed by atoms with Crippen LogP contribution >= 0.6 is 0 Å². The fourth-order valence-electron chi connectivity index (χ4n) is 1.34. The standard InChI is InChI=1S/C11H21N3/c1-9(2)11-8-10(3)14(12-11)7-6-13(4)5/h8-9H,6-7H2,1-5H3. The predicted octanol–water partition coefficient (Wildman–Crippen LogP) is 1.88. The summed E-state index contributed by atoms with van der Waals surface area (Å²) in [6.45, 7) is 8.50. The lowest BCUT2D eigenvalue weighted by molar-refractivity contribution is 0.370. The number of hydrogen-bond donors (Lipinski definition) is 0. The van der Waals surface area contributed by atoms with Crippen LogP contribution in [0.15, 0.2) is 6.07 Å². The highest BCUT2D eigenvalue weighted by Gasteiger charge is 2.07. The topological polar surface area (TPSA) is 21.1 Å². The van der Waals surface area contributed by atoms with E-state index in [4.69, 9.17) is 0 Å². The van der Waals surface area contributed by atoms with Gasteiger partial charge in [0.2, 0.25) is 0 Å². The predicted molar refractivity (Wildman–Crippen MR) is 59.6 cm³/mol. The van der Waals surface area contributed by atoms with Crippen molar-refractivity contribution in [1.29, 1.82) is 0 Å². The molecule has 0 aliphatic carbocycles. The third kappa shape index (κ3) is 2.84. The molecule has 0 atom stereocenters. The van der Waals surface area contributed by atoms with Gasteiger partial charge in [-0.1, -0.05) is 13.8 Å². The van der Waals surface area contributed by atoms with E-state index >= 15 is 0 Å². The van der Waals surface area contributed by atoms with Gasteiger partial charge in [0, 0.05) is 12.2 Å². The fourth-order valence-corrected chi connectivity index (χ4v) is 1.34. The molecular weight excluding hydrogens is 174 g/mol. The Kier molecular flexibility index (Phi) is 3.69. The van der Waals surface area contributed by atoms with E-state index in [1.54, 1.807) is 0 Å². The number of likely N-dealkylation sites (N-methyl/N-ethyl adjacent to an activating group) is 1. The van der Waals surface area contributed by atoms with E-state index in [0.29, 0.717) is 5.92 Å². The fraction of sp³-hybridized carbons (Fsp3) is 0.727. The Morgan fingerprint density at radius 2 is 2.07 bits per heavy atom. The van der Waals surface area contributed by atoms with Crippen molar-refractivity contribution in [2.45, 2.75) is 33.2 Å². The quantitative estimate of drug-likeness (QED) is 0.731. The zero-order valence-electron chi connectivity index (χ0n) is 9.91. The number of rotatable bonds is 4. The van der Waals surface area contributed by atoms with Gasteiger partial charge in [0.25, 0.3) is 0 Å². The highest BCUT2D eigenvalue weighted by molar-refractivity contribution is 5.11. The van der Waals surface area contributed by atoms with Crippen LogP contribution in [0.25, 0.3) is 0 Å². The molecule has 0 radical (unpaired) electrons. The molecule has 3 nitrogen and oxygen atoms in total. The summed E-state index contributed by atoms with van der Waals surface area (Å²) in [6.07, 6.45) is 0. The Hall–Kier alpha value is -0.830. The van der Waals surface area contributed by atoms with Crippen LogP contribution in [0.4, 0.5) is 0 Å². The molecular formula is C11H21N3. The van der Waals surface area contributed by atoms with Gasteiger partial charge >= 0.3 is 0 Å². The molecule has 0 bridgehead atoms. The molecule has 3 heteroatoms. The molecule has 14 heavy (non-hydrogen) atoms. The molecule has 0 saturated heterocycles. The van der Waals surface area contributed by atoms with Gasteiger partial charge in [0.15, 0.2) is 0 Å². The first-order valence-electron chi connectivity index (χ1n) is 5.19. The molecule has 1 aromatic heterocycles. The summed E-state index contributed by atoms with van der Waals surface area (Å²) in [7, 11) is 4.17. The van der Waals surface area contributed by atoms with E-state index in [2.05, 4.69) is 55.6 Å². The maximum atomic E-state index is 4.57. The third-order valence-electron chi connectivity index (χ3n) is 2.35. The molecule has 0 unspecified atom stereocenters.